The van der Waals surface area contributed by atoms with E-state index in [1.807, 2.05) is 18.2 Å². The maximum atomic E-state index is 12.5. The Bertz CT molecular complexity index is 956. The Morgan fingerprint density at radius 3 is 2.52 bits per heavy atom. The molecule has 0 saturated carbocycles. The second kappa shape index (κ2) is 6.96. The van der Waals surface area contributed by atoms with Gasteiger partial charge >= 0.3 is 0 Å². The Morgan fingerprint density at radius 1 is 1.04 bits per heavy atom. The van der Waals surface area contributed by atoms with Crippen molar-refractivity contribution >= 4 is 28.5 Å². The average Bonchev–Trinajstić information content (AvgIpc) is 2.67. The van der Waals surface area contributed by atoms with Gasteiger partial charge in [0.05, 0.1) is 35.6 Å². The van der Waals surface area contributed by atoms with Crippen LogP contribution in [0.4, 0.5) is 5.69 Å². The highest BCUT2D eigenvalue weighted by Gasteiger charge is 2.16. The van der Waals surface area contributed by atoms with E-state index >= 15 is 0 Å². The molecule has 126 valence electrons. The van der Waals surface area contributed by atoms with Crippen molar-refractivity contribution in [1.82, 2.24) is 15.3 Å². The van der Waals surface area contributed by atoms with Crippen LogP contribution in [-0.4, -0.2) is 35.9 Å². The first-order chi connectivity index (χ1) is 12.1. The predicted molar refractivity (Wildman–Crippen MR) is 93.9 cm³/mol. The van der Waals surface area contributed by atoms with Gasteiger partial charge in [-0.3, -0.25) is 14.6 Å². The van der Waals surface area contributed by atoms with Crippen molar-refractivity contribution < 1.29 is 14.3 Å². The van der Waals surface area contributed by atoms with Crippen molar-refractivity contribution in [3.05, 3.63) is 59.9 Å². The summed E-state index contributed by atoms with van der Waals surface area (Å²) in [7, 11) is 3.02. The van der Waals surface area contributed by atoms with Gasteiger partial charge in [-0.15, -0.1) is 0 Å². The number of nitrogens with zero attached hydrogens (tertiary/aromatic N) is 2. The molecule has 2 aromatic carbocycles. The van der Waals surface area contributed by atoms with Crippen LogP contribution in [0.25, 0.3) is 11.0 Å². The Morgan fingerprint density at radius 2 is 1.80 bits per heavy atom. The molecule has 25 heavy (non-hydrogen) atoms. The lowest BCUT2D eigenvalue weighted by molar-refractivity contribution is 0.0963. The van der Waals surface area contributed by atoms with Crippen LogP contribution in [0.3, 0.4) is 0 Å². The summed E-state index contributed by atoms with van der Waals surface area (Å²) in [5.41, 5.74) is 2.15. The molecule has 0 radical (unpaired) electrons. The topological polar surface area (TPSA) is 93.2 Å². The number of carbonyl (C=O) groups excluding carboxylic acids is 2. The summed E-state index contributed by atoms with van der Waals surface area (Å²) in [6.07, 6.45) is 1.40. The lowest BCUT2D eigenvalue weighted by atomic mass is 10.1. The van der Waals surface area contributed by atoms with E-state index in [2.05, 4.69) is 20.6 Å². The minimum atomic E-state index is -0.450. The normalized spacial score (nSPS) is 10.3. The van der Waals surface area contributed by atoms with Crippen LogP contribution in [0.15, 0.2) is 48.7 Å². The van der Waals surface area contributed by atoms with E-state index in [1.165, 1.54) is 20.4 Å². The number of fused-ring (bicyclic) bond motifs is 1. The number of hydrogen-bond donors (Lipinski definition) is 2. The number of ether oxygens (including phenoxy) is 1. The van der Waals surface area contributed by atoms with Crippen LogP contribution >= 0.6 is 0 Å². The molecule has 2 N–H and O–H groups in total. The second-order valence-corrected chi connectivity index (χ2v) is 5.19. The van der Waals surface area contributed by atoms with E-state index in [9.17, 15) is 9.59 Å². The van der Waals surface area contributed by atoms with Gasteiger partial charge in [-0.1, -0.05) is 12.1 Å². The number of aromatic nitrogens is 2. The van der Waals surface area contributed by atoms with Gasteiger partial charge in [0, 0.05) is 7.05 Å². The smallest absolute Gasteiger partial charge is 0.275 e. The average molecular weight is 336 g/mol. The number of amides is 2. The first-order valence-corrected chi connectivity index (χ1v) is 7.55. The van der Waals surface area contributed by atoms with E-state index < -0.39 is 5.91 Å². The number of rotatable bonds is 4. The predicted octanol–water partition coefficient (Wildman–Crippen LogP) is 2.25. The molecule has 0 aliphatic carbocycles. The van der Waals surface area contributed by atoms with Gasteiger partial charge in [0.15, 0.2) is 0 Å². The third-order valence-corrected chi connectivity index (χ3v) is 3.63. The van der Waals surface area contributed by atoms with Crippen LogP contribution in [0.2, 0.25) is 0 Å². The molecular weight excluding hydrogens is 320 g/mol. The van der Waals surface area contributed by atoms with E-state index in [0.717, 1.165) is 0 Å². The molecule has 0 bridgehead atoms. The second-order valence-electron chi connectivity index (χ2n) is 5.19. The Balaban J connectivity index is 1.92. The molecule has 0 fully saturated rings. The zero-order valence-electron chi connectivity index (χ0n) is 13.7. The molecule has 7 heteroatoms. The number of carbonyl (C=O) groups is 2. The van der Waals surface area contributed by atoms with Gasteiger partial charge in [0.2, 0.25) is 0 Å². The van der Waals surface area contributed by atoms with Gasteiger partial charge in [0.1, 0.15) is 11.4 Å². The van der Waals surface area contributed by atoms with Crippen LogP contribution in [-0.2, 0) is 0 Å². The molecule has 2 amide bonds. The summed E-state index contributed by atoms with van der Waals surface area (Å²) < 4.78 is 5.13. The van der Waals surface area contributed by atoms with Gasteiger partial charge in [-0.25, -0.2) is 4.98 Å². The number of methoxy groups -OCH3 is 1. The van der Waals surface area contributed by atoms with Crippen molar-refractivity contribution in [3.63, 3.8) is 0 Å². The fourth-order valence-electron chi connectivity index (χ4n) is 2.33. The SMILES string of the molecule is CNC(=O)c1cc(OC)ccc1NC(=O)c1cnc2ccccc2n1. The van der Waals surface area contributed by atoms with Crippen molar-refractivity contribution in [2.75, 3.05) is 19.5 Å². The van der Waals surface area contributed by atoms with Gasteiger partial charge in [-0.05, 0) is 30.3 Å². The zero-order valence-corrected chi connectivity index (χ0v) is 13.7. The van der Waals surface area contributed by atoms with Crippen LogP contribution < -0.4 is 15.4 Å². The minimum absolute atomic E-state index is 0.164. The maximum absolute atomic E-state index is 12.5. The Labute approximate surface area is 144 Å². The molecule has 0 aliphatic rings. The van der Waals surface area contributed by atoms with Crippen molar-refractivity contribution in [2.24, 2.45) is 0 Å². The third kappa shape index (κ3) is 3.40. The lowest BCUT2D eigenvalue weighted by Gasteiger charge is -2.11. The molecule has 0 aliphatic heterocycles. The summed E-state index contributed by atoms with van der Waals surface area (Å²) in [6, 6.07) is 12.1. The van der Waals surface area contributed by atoms with Crippen molar-refractivity contribution in [2.45, 2.75) is 0 Å². The highest BCUT2D eigenvalue weighted by atomic mass is 16.5. The van der Waals surface area contributed by atoms with Gasteiger partial charge in [-0.2, -0.15) is 0 Å². The zero-order chi connectivity index (χ0) is 17.8. The number of nitrogens with one attached hydrogen (secondary N) is 2. The van der Waals surface area contributed by atoms with E-state index in [0.29, 0.717) is 28.0 Å². The molecule has 0 spiro atoms. The highest BCUT2D eigenvalue weighted by Crippen LogP contribution is 2.22. The Hall–Kier alpha value is -3.48. The fourth-order valence-corrected chi connectivity index (χ4v) is 2.33. The summed E-state index contributed by atoms with van der Waals surface area (Å²) in [5.74, 6) is -0.269. The molecule has 1 heterocycles. The number of anilines is 1. The molecule has 7 nitrogen and oxygen atoms in total. The third-order valence-electron chi connectivity index (χ3n) is 3.63. The number of benzene rings is 2. The van der Waals surface area contributed by atoms with E-state index in [4.69, 9.17) is 4.74 Å². The highest BCUT2D eigenvalue weighted by molar-refractivity contribution is 6.08. The first-order valence-electron chi connectivity index (χ1n) is 7.55. The molecule has 0 saturated heterocycles. The maximum Gasteiger partial charge on any atom is 0.275 e. The Kier molecular flexibility index (Phi) is 4.56. The van der Waals surface area contributed by atoms with Crippen LogP contribution in [0.1, 0.15) is 20.8 Å². The fraction of sp³-hybridized carbons (Fsp3) is 0.111. The van der Waals surface area contributed by atoms with Crippen molar-refractivity contribution in [1.29, 1.82) is 0 Å². The quantitative estimate of drug-likeness (QED) is 0.762. The minimum Gasteiger partial charge on any atom is -0.497 e. The van der Waals surface area contributed by atoms with E-state index in [-0.39, 0.29) is 11.6 Å². The van der Waals surface area contributed by atoms with Crippen LogP contribution in [0, 0.1) is 0 Å². The summed E-state index contributed by atoms with van der Waals surface area (Å²) in [4.78, 5) is 33.1. The van der Waals surface area contributed by atoms with E-state index in [1.54, 1.807) is 24.3 Å². The molecule has 0 unspecified atom stereocenters. The number of hydrogen-bond acceptors (Lipinski definition) is 5. The monoisotopic (exact) mass is 336 g/mol. The standard InChI is InChI=1S/C18H16N4O3/c1-19-17(23)12-9-11(25-2)7-8-13(12)22-18(24)16-10-20-14-5-3-4-6-15(14)21-16/h3-10H,1-2H3,(H,19,23)(H,22,24). The lowest BCUT2D eigenvalue weighted by Crippen LogP contribution is -2.22. The molecule has 3 rings (SSSR count). The summed E-state index contributed by atoms with van der Waals surface area (Å²) in [6.45, 7) is 0. The first kappa shape index (κ1) is 16.4. The largest absolute Gasteiger partial charge is 0.497 e. The van der Waals surface area contributed by atoms with Gasteiger partial charge < -0.3 is 15.4 Å². The van der Waals surface area contributed by atoms with Crippen molar-refractivity contribution in [3.8, 4) is 5.75 Å². The molecule has 0 atom stereocenters. The van der Waals surface area contributed by atoms with Crippen LogP contribution in [0.5, 0.6) is 5.75 Å². The molecule has 3 aromatic rings. The van der Waals surface area contributed by atoms with Gasteiger partial charge in [0.25, 0.3) is 11.8 Å². The number of para-hydroxylation sites is 2. The summed E-state index contributed by atoms with van der Waals surface area (Å²) in [5, 5.41) is 5.24. The summed E-state index contributed by atoms with van der Waals surface area (Å²) >= 11 is 0. The molecule has 1 aromatic heterocycles. The molecular formula is C18H16N4O3.